The number of hydrogen-bond donors (Lipinski definition) is 2. The molecule has 4 heteroatoms. The quantitative estimate of drug-likeness (QED) is 0.476. The lowest BCUT2D eigenvalue weighted by Gasteiger charge is -2.29. The van der Waals surface area contributed by atoms with Crippen LogP contribution in [-0.4, -0.2) is 31.5 Å². The fraction of sp³-hybridized carbons (Fsp3) is 1.00. The Bertz CT molecular complexity index is 152. The van der Waals surface area contributed by atoms with Crippen LogP contribution < -0.4 is 11.3 Å². The molecule has 0 amide bonds. The third-order valence-corrected chi connectivity index (χ3v) is 2.24. The molecule has 0 radical (unpaired) electrons. The number of ether oxygens (including phenoxy) is 2. The van der Waals surface area contributed by atoms with Crippen molar-refractivity contribution in [1.82, 2.24) is 5.43 Å². The summed E-state index contributed by atoms with van der Waals surface area (Å²) in [6, 6.07) is 0.0485. The van der Waals surface area contributed by atoms with Crippen molar-refractivity contribution in [2.45, 2.75) is 52.9 Å². The fourth-order valence-corrected chi connectivity index (χ4v) is 1.50. The second-order valence-corrected chi connectivity index (χ2v) is 4.32. The summed E-state index contributed by atoms with van der Waals surface area (Å²) in [5.74, 6) is 5.94. The second kappa shape index (κ2) is 8.05. The van der Waals surface area contributed by atoms with Crippen LogP contribution in [0.1, 0.15) is 34.6 Å². The molecule has 15 heavy (non-hydrogen) atoms. The standard InChI is InChI=1S/C11H26N2O2/c1-6-14-11(8(2)3)10(13-12)7-15-9(4)5/h8-11,13H,6-7,12H2,1-5H3. The minimum Gasteiger partial charge on any atom is -0.377 e. The van der Waals surface area contributed by atoms with Crippen LogP contribution in [0, 0.1) is 5.92 Å². The van der Waals surface area contributed by atoms with E-state index in [4.69, 9.17) is 15.3 Å². The first kappa shape index (κ1) is 14.8. The van der Waals surface area contributed by atoms with E-state index < -0.39 is 0 Å². The molecule has 0 saturated heterocycles. The van der Waals surface area contributed by atoms with Gasteiger partial charge in [-0.3, -0.25) is 11.3 Å². The van der Waals surface area contributed by atoms with E-state index in [1.165, 1.54) is 0 Å². The van der Waals surface area contributed by atoms with Gasteiger partial charge in [0.15, 0.2) is 0 Å². The van der Waals surface area contributed by atoms with Gasteiger partial charge < -0.3 is 9.47 Å². The SMILES string of the molecule is CCOC(C(C)C)C(COC(C)C)NN. The smallest absolute Gasteiger partial charge is 0.0786 e. The minimum atomic E-state index is 0.0485. The molecule has 0 aliphatic heterocycles. The molecule has 0 fully saturated rings. The lowest BCUT2D eigenvalue weighted by Crippen LogP contribution is -2.50. The Balaban J connectivity index is 4.18. The van der Waals surface area contributed by atoms with Crippen molar-refractivity contribution in [2.24, 2.45) is 11.8 Å². The summed E-state index contributed by atoms with van der Waals surface area (Å²) in [5.41, 5.74) is 2.77. The van der Waals surface area contributed by atoms with Crippen molar-refractivity contribution in [1.29, 1.82) is 0 Å². The summed E-state index contributed by atoms with van der Waals surface area (Å²) in [4.78, 5) is 0. The minimum absolute atomic E-state index is 0.0485. The number of hydrogen-bond acceptors (Lipinski definition) is 4. The third-order valence-electron chi connectivity index (χ3n) is 2.24. The van der Waals surface area contributed by atoms with Gasteiger partial charge in [0, 0.05) is 6.61 Å². The Hall–Kier alpha value is -0.160. The van der Waals surface area contributed by atoms with Crippen LogP contribution in [-0.2, 0) is 9.47 Å². The zero-order chi connectivity index (χ0) is 11.8. The van der Waals surface area contributed by atoms with Crippen molar-refractivity contribution in [3.05, 3.63) is 0 Å². The maximum absolute atomic E-state index is 5.67. The van der Waals surface area contributed by atoms with Crippen LogP contribution in [0.3, 0.4) is 0 Å². The maximum atomic E-state index is 5.67. The van der Waals surface area contributed by atoms with Gasteiger partial charge in [-0.2, -0.15) is 0 Å². The van der Waals surface area contributed by atoms with Crippen LogP contribution in [0.5, 0.6) is 0 Å². The van der Waals surface area contributed by atoms with Crippen LogP contribution in [0.2, 0.25) is 0 Å². The van der Waals surface area contributed by atoms with E-state index in [-0.39, 0.29) is 18.2 Å². The third kappa shape index (κ3) is 6.10. The van der Waals surface area contributed by atoms with Crippen LogP contribution >= 0.6 is 0 Å². The average Bonchev–Trinajstić information content (AvgIpc) is 2.16. The largest absolute Gasteiger partial charge is 0.377 e. The lowest BCUT2D eigenvalue weighted by atomic mass is 10.0. The summed E-state index contributed by atoms with van der Waals surface area (Å²) >= 11 is 0. The molecule has 2 unspecified atom stereocenters. The highest BCUT2D eigenvalue weighted by Crippen LogP contribution is 2.12. The molecule has 0 rings (SSSR count). The van der Waals surface area contributed by atoms with Gasteiger partial charge in [0.1, 0.15) is 0 Å². The topological polar surface area (TPSA) is 56.5 Å². The van der Waals surface area contributed by atoms with Gasteiger partial charge in [-0.05, 0) is 26.7 Å². The van der Waals surface area contributed by atoms with E-state index in [0.717, 1.165) is 0 Å². The molecule has 3 N–H and O–H groups in total. The van der Waals surface area contributed by atoms with Crippen molar-refractivity contribution < 1.29 is 9.47 Å². The summed E-state index contributed by atoms with van der Waals surface area (Å²) in [6.45, 7) is 11.5. The molecule has 0 aliphatic carbocycles. The van der Waals surface area contributed by atoms with Crippen molar-refractivity contribution in [3.8, 4) is 0 Å². The fourth-order valence-electron chi connectivity index (χ4n) is 1.50. The molecule has 0 aromatic carbocycles. The van der Waals surface area contributed by atoms with Gasteiger partial charge in [-0.15, -0.1) is 0 Å². The summed E-state index contributed by atoms with van der Waals surface area (Å²) in [7, 11) is 0. The molecule has 92 valence electrons. The summed E-state index contributed by atoms with van der Waals surface area (Å²) in [5, 5.41) is 0. The van der Waals surface area contributed by atoms with E-state index in [2.05, 4.69) is 19.3 Å². The first-order valence-corrected chi connectivity index (χ1v) is 5.72. The number of hydrazine groups is 1. The second-order valence-electron chi connectivity index (χ2n) is 4.32. The Morgan fingerprint density at radius 1 is 1.13 bits per heavy atom. The van der Waals surface area contributed by atoms with Crippen molar-refractivity contribution in [3.63, 3.8) is 0 Å². The maximum Gasteiger partial charge on any atom is 0.0786 e. The molecule has 0 bridgehead atoms. The van der Waals surface area contributed by atoms with Crippen molar-refractivity contribution >= 4 is 0 Å². The van der Waals surface area contributed by atoms with Crippen LogP contribution in [0.4, 0.5) is 0 Å². The molecule has 0 aliphatic rings. The number of nitrogens with one attached hydrogen (secondary N) is 1. The van der Waals surface area contributed by atoms with E-state index in [1.54, 1.807) is 0 Å². The molecule has 0 aromatic heterocycles. The normalized spacial score (nSPS) is 16.0. The van der Waals surface area contributed by atoms with Gasteiger partial charge in [-0.25, -0.2) is 0 Å². The van der Waals surface area contributed by atoms with Crippen LogP contribution in [0.15, 0.2) is 0 Å². The Morgan fingerprint density at radius 2 is 1.73 bits per heavy atom. The first-order chi connectivity index (χ1) is 7.02. The monoisotopic (exact) mass is 218 g/mol. The summed E-state index contributed by atoms with van der Waals surface area (Å²) in [6.07, 6.45) is 0.314. The Morgan fingerprint density at radius 3 is 2.07 bits per heavy atom. The lowest BCUT2D eigenvalue weighted by molar-refractivity contribution is -0.0338. The molecular weight excluding hydrogens is 192 g/mol. The highest BCUT2D eigenvalue weighted by atomic mass is 16.5. The van der Waals surface area contributed by atoms with E-state index in [9.17, 15) is 0 Å². The number of rotatable bonds is 8. The predicted octanol–water partition coefficient (Wildman–Crippen LogP) is 1.30. The van der Waals surface area contributed by atoms with Gasteiger partial charge >= 0.3 is 0 Å². The van der Waals surface area contributed by atoms with Gasteiger partial charge in [0.25, 0.3) is 0 Å². The first-order valence-electron chi connectivity index (χ1n) is 5.72. The summed E-state index contributed by atoms with van der Waals surface area (Å²) < 4.78 is 11.2. The zero-order valence-electron chi connectivity index (χ0n) is 10.6. The number of nitrogens with two attached hydrogens (primary N) is 1. The molecule has 4 nitrogen and oxygen atoms in total. The van der Waals surface area contributed by atoms with Crippen LogP contribution in [0.25, 0.3) is 0 Å². The highest BCUT2D eigenvalue weighted by Gasteiger charge is 2.24. The molecule has 0 heterocycles. The van der Waals surface area contributed by atoms with E-state index >= 15 is 0 Å². The van der Waals surface area contributed by atoms with Gasteiger partial charge in [0.05, 0.1) is 24.9 Å². The Kier molecular flexibility index (Phi) is 7.96. The average molecular weight is 218 g/mol. The predicted molar refractivity (Wildman–Crippen MR) is 62.5 cm³/mol. The van der Waals surface area contributed by atoms with E-state index in [1.807, 2.05) is 20.8 Å². The van der Waals surface area contributed by atoms with E-state index in [0.29, 0.717) is 19.1 Å². The van der Waals surface area contributed by atoms with Crippen molar-refractivity contribution in [2.75, 3.05) is 13.2 Å². The zero-order valence-corrected chi connectivity index (χ0v) is 10.6. The molecule has 2 atom stereocenters. The molecule has 0 spiro atoms. The molecule has 0 saturated carbocycles. The molecule has 0 aromatic rings. The van der Waals surface area contributed by atoms with Gasteiger partial charge in [0.2, 0.25) is 0 Å². The molecular formula is C11H26N2O2. The Labute approximate surface area is 93.5 Å². The highest BCUT2D eigenvalue weighted by molar-refractivity contribution is 4.77. The van der Waals surface area contributed by atoms with Gasteiger partial charge in [-0.1, -0.05) is 13.8 Å².